The number of benzene rings is 4. The Morgan fingerprint density at radius 3 is 2.46 bits per heavy atom. The SMILES string of the molecule is Cc1ccc2c(c1)C(=O)N(c1cccc(-c3ccc(C(N)=O)c4[nH]c5cc(C(=O)N(C)C)ccc5c34)c1C)C2. The summed E-state index contributed by atoms with van der Waals surface area (Å²) in [6, 6.07) is 21.1. The van der Waals surface area contributed by atoms with E-state index in [-0.39, 0.29) is 11.8 Å². The van der Waals surface area contributed by atoms with Crippen LogP contribution in [0.5, 0.6) is 0 Å². The Morgan fingerprint density at radius 2 is 1.72 bits per heavy atom. The fraction of sp³-hybridized carbons (Fsp3) is 0.156. The normalized spacial score (nSPS) is 12.8. The lowest BCUT2D eigenvalue weighted by Crippen LogP contribution is -2.24. The van der Waals surface area contributed by atoms with E-state index < -0.39 is 5.91 Å². The summed E-state index contributed by atoms with van der Waals surface area (Å²) in [6.45, 7) is 4.52. The molecule has 0 unspecified atom stereocenters. The zero-order valence-corrected chi connectivity index (χ0v) is 22.3. The van der Waals surface area contributed by atoms with Crippen LogP contribution in [0, 0.1) is 13.8 Å². The molecule has 2 heterocycles. The van der Waals surface area contributed by atoms with Gasteiger partial charge in [0.2, 0.25) is 0 Å². The summed E-state index contributed by atoms with van der Waals surface area (Å²) in [4.78, 5) is 45.1. The van der Waals surface area contributed by atoms with Gasteiger partial charge in [-0.15, -0.1) is 0 Å². The van der Waals surface area contributed by atoms with Crippen molar-refractivity contribution in [1.29, 1.82) is 0 Å². The van der Waals surface area contributed by atoms with Gasteiger partial charge in [0.1, 0.15) is 0 Å². The third-order valence-corrected chi connectivity index (χ3v) is 7.63. The van der Waals surface area contributed by atoms with Crippen LogP contribution in [0.25, 0.3) is 32.9 Å². The molecular weight excluding hydrogens is 488 g/mol. The lowest BCUT2D eigenvalue weighted by molar-refractivity contribution is 0.0827. The second-order valence-corrected chi connectivity index (χ2v) is 10.4. The molecule has 6 rings (SSSR count). The van der Waals surface area contributed by atoms with Gasteiger partial charge in [0.25, 0.3) is 17.7 Å². The number of aromatic amines is 1. The summed E-state index contributed by atoms with van der Waals surface area (Å²) >= 11 is 0. The molecule has 1 aromatic heterocycles. The van der Waals surface area contributed by atoms with Gasteiger partial charge in [-0.3, -0.25) is 14.4 Å². The number of carbonyl (C=O) groups is 3. The number of amides is 3. The summed E-state index contributed by atoms with van der Waals surface area (Å²) in [6.07, 6.45) is 0. The number of aryl methyl sites for hydroxylation is 1. The average molecular weight is 517 g/mol. The number of anilines is 1. The summed E-state index contributed by atoms with van der Waals surface area (Å²) < 4.78 is 0. The fourth-order valence-electron chi connectivity index (χ4n) is 5.65. The van der Waals surface area contributed by atoms with E-state index in [1.54, 1.807) is 32.3 Å². The molecule has 3 N–H and O–H groups in total. The topological polar surface area (TPSA) is 99.5 Å². The van der Waals surface area contributed by atoms with Crippen LogP contribution in [0.15, 0.2) is 66.7 Å². The van der Waals surface area contributed by atoms with E-state index in [0.717, 1.165) is 55.4 Å². The third kappa shape index (κ3) is 3.77. The Balaban J connectivity index is 1.54. The monoisotopic (exact) mass is 516 g/mol. The average Bonchev–Trinajstić information content (AvgIpc) is 3.45. The molecule has 1 aliphatic heterocycles. The lowest BCUT2D eigenvalue weighted by atomic mass is 9.93. The minimum atomic E-state index is -0.538. The quantitative estimate of drug-likeness (QED) is 0.327. The van der Waals surface area contributed by atoms with Gasteiger partial charge in [-0.05, 0) is 66.4 Å². The van der Waals surface area contributed by atoms with Crippen LogP contribution in [-0.4, -0.2) is 41.7 Å². The van der Waals surface area contributed by atoms with Gasteiger partial charge in [0.15, 0.2) is 0 Å². The fourth-order valence-corrected chi connectivity index (χ4v) is 5.65. The zero-order valence-electron chi connectivity index (χ0n) is 22.3. The molecule has 3 amide bonds. The number of rotatable bonds is 4. The van der Waals surface area contributed by atoms with E-state index in [2.05, 4.69) is 4.98 Å². The van der Waals surface area contributed by atoms with Crippen molar-refractivity contribution >= 4 is 45.2 Å². The largest absolute Gasteiger partial charge is 0.366 e. The number of hydrogen-bond donors (Lipinski definition) is 2. The van der Waals surface area contributed by atoms with Crippen LogP contribution < -0.4 is 10.6 Å². The summed E-state index contributed by atoms with van der Waals surface area (Å²) in [7, 11) is 3.42. The van der Waals surface area contributed by atoms with E-state index in [1.807, 2.05) is 67.3 Å². The number of aromatic nitrogens is 1. The molecule has 39 heavy (non-hydrogen) atoms. The second-order valence-electron chi connectivity index (χ2n) is 10.4. The summed E-state index contributed by atoms with van der Waals surface area (Å²) in [5, 5.41) is 1.72. The van der Waals surface area contributed by atoms with Crippen LogP contribution in [0.4, 0.5) is 5.69 Å². The minimum Gasteiger partial charge on any atom is -0.366 e. The molecule has 4 aromatic carbocycles. The molecule has 0 atom stereocenters. The van der Waals surface area contributed by atoms with Crippen LogP contribution >= 0.6 is 0 Å². The Hall–Kier alpha value is -4.91. The highest BCUT2D eigenvalue weighted by atomic mass is 16.2. The number of nitrogens with zero attached hydrogens (tertiary/aromatic N) is 2. The Morgan fingerprint density at radius 1 is 0.923 bits per heavy atom. The first kappa shape index (κ1) is 24.4. The molecule has 1 aliphatic rings. The predicted molar refractivity (Wildman–Crippen MR) is 154 cm³/mol. The number of nitrogens with two attached hydrogens (primary N) is 1. The highest BCUT2D eigenvalue weighted by molar-refractivity contribution is 6.21. The van der Waals surface area contributed by atoms with Crippen molar-refractivity contribution < 1.29 is 14.4 Å². The molecule has 0 saturated carbocycles. The van der Waals surface area contributed by atoms with E-state index in [1.165, 1.54) is 4.90 Å². The van der Waals surface area contributed by atoms with Crippen molar-refractivity contribution in [3.8, 4) is 11.1 Å². The van der Waals surface area contributed by atoms with Crippen molar-refractivity contribution in [2.24, 2.45) is 5.73 Å². The van der Waals surface area contributed by atoms with Crippen molar-refractivity contribution in [2.45, 2.75) is 20.4 Å². The first-order valence-corrected chi connectivity index (χ1v) is 12.8. The van der Waals surface area contributed by atoms with Crippen molar-refractivity contribution in [3.05, 3.63) is 100 Å². The number of primary amides is 1. The molecule has 0 fully saturated rings. The van der Waals surface area contributed by atoms with Gasteiger partial charge in [-0.1, -0.05) is 42.0 Å². The van der Waals surface area contributed by atoms with Gasteiger partial charge >= 0.3 is 0 Å². The zero-order chi connectivity index (χ0) is 27.6. The molecular formula is C32H28N4O3. The minimum absolute atomic E-state index is 0.00615. The number of carbonyl (C=O) groups excluding carboxylic acids is 3. The van der Waals surface area contributed by atoms with Crippen LogP contribution in [-0.2, 0) is 6.54 Å². The van der Waals surface area contributed by atoms with Gasteiger partial charge in [-0.2, -0.15) is 0 Å². The first-order chi connectivity index (χ1) is 18.7. The molecule has 194 valence electrons. The van der Waals surface area contributed by atoms with Crippen molar-refractivity contribution in [1.82, 2.24) is 9.88 Å². The van der Waals surface area contributed by atoms with Crippen molar-refractivity contribution in [2.75, 3.05) is 19.0 Å². The first-order valence-electron chi connectivity index (χ1n) is 12.8. The summed E-state index contributed by atoms with van der Waals surface area (Å²) in [5.41, 5.74) is 14.5. The number of hydrogen-bond acceptors (Lipinski definition) is 3. The molecule has 0 bridgehead atoms. The van der Waals surface area contributed by atoms with Crippen LogP contribution in [0.2, 0.25) is 0 Å². The number of H-pyrrole nitrogens is 1. The molecule has 0 saturated heterocycles. The van der Waals surface area contributed by atoms with E-state index >= 15 is 0 Å². The van der Waals surface area contributed by atoms with Crippen molar-refractivity contribution in [3.63, 3.8) is 0 Å². The van der Waals surface area contributed by atoms with Crippen LogP contribution in [0.1, 0.15) is 47.8 Å². The maximum atomic E-state index is 13.4. The van der Waals surface area contributed by atoms with E-state index in [0.29, 0.717) is 23.2 Å². The smallest absolute Gasteiger partial charge is 0.258 e. The lowest BCUT2D eigenvalue weighted by Gasteiger charge is -2.21. The van der Waals surface area contributed by atoms with Crippen LogP contribution in [0.3, 0.4) is 0 Å². The Bertz CT molecular complexity index is 1870. The number of nitrogens with one attached hydrogen (secondary N) is 1. The van der Waals surface area contributed by atoms with Gasteiger partial charge in [-0.25, -0.2) is 0 Å². The van der Waals surface area contributed by atoms with Gasteiger partial charge in [0.05, 0.1) is 17.6 Å². The standard InChI is InChI=1S/C32H28N4O3/c1-17-8-9-20-16-36(32(39)25(20)14-17)27-7-5-6-21(18(27)2)22-12-13-24(30(33)37)29-28(22)23-11-10-19(15-26(23)34-29)31(38)35(3)4/h5-15,34H,16H2,1-4H3,(H2,33,37). The highest BCUT2D eigenvalue weighted by Gasteiger charge is 2.30. The predicted octanol–water partition coefficient (Wildman–Crippen LogP) is 5.57. The second kappa shape index (κ2) is 8.84. The molecule has 0 spiro atoms. The maximum absolute atomic E-state index is 13.4. The Kier molecular flexibility index (Phi) is 5.54. The third-order valence-electron chi connectivity index (χ3n) is 7.63. The molecule has 0 aliphatic carbocycles. The molecule has 0 radical (unpaired) electrons. The maximum Gasteiger partial charge on any atom is 0.258 e. The van der Waals surface area contributed by atoms with E-state index in [4.69, 9.17) is 5.73 Å². The molecule has 7 heteroatoms. The number of fused-ring (bicyclic) bond motifs is 4. The van der Waals surface area contributed by atoms with Gasteiger partial charge < -0.3 is 20.5 Å². The summed E-state index contributed by atoms with van der Waals surface area (Å²) in [5.74, 6) is -0.654. The van der Waals surface area contributed by atoms with E-state index in [9.17, 15) is 14.4 Å². The molecule has 7 nitrogen and oxygen atoms in total. The Labute approximate surface area is 225 Å². The van der Waals surface area contributed by atoms with Gasteiger partial charge in [0, 0.05) is 47.2 Å². The molecule has 5 aromatic rings. The highest BCUT2D eigenvalue weighted by Crippen LogP contribution is 2.41.